The van der Waals surface area contributed by atoms with Crippen molar-refractivity contribution >= 4 is 29.0 Å². The van der Waals surface area contributed by atoms with Gasteiger partial charge < -0.3 is 24.6 Å². The van der Waals surface area contributed by atoms with Gasteiger partial charge in [-0.25, -0.2) is 0 Å². The lowest BCUT2D eigenvalue weighted by Gasteiger charge is -2.26. The second-order valence-corrected chi connectivity index (χ2v) is 10.7. The SMILES string of the molecule is COc1ccc(CC(=O)Nc2ccc(C(=O)N(CC(=O)O)CC3C=CC(c4nc(-c5ccccc5)no4)=CC3)cc2)c(C(F)(F)F)c1. The molecule has 4 aromatic rings. The molecule has 3 aromatic carbocycles. The van der Waals surface area contributed by atoms with Crippen molar-refractivity contribution in [2.24, 2.45) is 5.92 Å². The molecular weight excluding hydrogens is 617 g/mol. The first-order valence-electron chi connectivity index (χ1n) is 14.4. The van der Waals surface area contributed by atoms with Gasteiger partial charge in [0.15, 0.2) is 0 Å². The second kappa shape index (κ2) is 14.1. The first-order valence-corrected chi connectivity index (χ1v) is 14.4. The van der Waals surface area contributed by atoms with Crippen LogP contribution in [0.4, 0.5) is 18.9 Å². The number of carbonyl (C=O) groups is 3. The third-order valence-electron chi connectivity index (χ3n) is 7.35. The summed E-state index contributed by atoms with van der Waals surface area (Å²) in [6, 6.07) is 18.4. The molecule has 1 aromatic heterocycles. The van der Waals surface area contributed by atoms with Crippen LogP contribution in [0, 0.1) is 5.92 Å². The highest BCUT2D eigenvalue weighted by molar-refractivity contribution is 5.97. The van der Waals surface area contributed by atoms with Crippen LogP contribution >= 0.6 is 0 Å². The lowest BCUT2D eigenvalue weighted by Crippen LogP contribution is -2.39. The van der Waals surface area contributed by atoms with Crippen LogP contribution in [-0.4, -0.2) is 58.1 Å². The monoisotopic (exact) mass is 646 g/mol. The number of carboxylic acid groups (broad SMARTS) is 1. The maximum Gasteiger partial charge on any atom is 0.416 e. The molecule has 0 spiro atoms. The fourth-order valence-electron chi connectivity index (χ4n) is 5.03. The number of hydrogen-bond acceptors (Lipinski definition) is 7. The van der Waals surface area contributed by atoms with Gasteiger partial charge in [-0.3, -0.25) is 14.4 Å². The normalized spacial score (nSPS) is 14.3. The van der Waals surface area contributed by atoms with Crippen molar-refractivity contribution in [3.63, 3.8) is 0 Å². The Labute approximate surface area is 267 Å². The fourth-order valence-corrected chi connectivity index (χ4v) is 5.03. The molecule has 10 nitrogen and oxygen atoms in total. The van der Waals surface area contributed by atoms with Crippen LogP contribution < -0.4 is 10.1 Å². The van der Waals surface area contributed by atoms with Crippen LogP contribution in [0.5, 0.6) is 5.75 Å². The molecule has 0 bridgehead atoms. The van der Waals surface area contributed by atoms with Crippen LogP contribution in [0.15, 0.2) is 95.5 Å². The molecule has 1 unspecified atom stereocenters. The number of benzene rings is 3. The van der Waals surface area contributed by atoms with Gasteiger partial charge >= 0.3 is 12.1 Å². The van der Waals surface area contributed by atoms with Crippen molar-refractivity contribution in [1.29, 1.82) is 0 Å². The molecular formula is C34H29F3N4O6. The van der Waals surface area contributed by atoms with Gasteiger partial charge in [-0.1, -0.05) is 59.8 Å². The minimum absolute atomic E-state index is 0.0146. The third kappa shape index (κ3) is 8.31. The van der Waals surface area contributed by atoms with E-state index in [1.165, 1.54) is 48.4 Å². The summed E-state index contributed by atoms with van der Waals surface area (Å²) >= 11 is 0. The van der Waals surface area contributed by atoms with Gasteiger partial charge in [-0.05, 0) is 54.3 Å². The number of aliphatic carboxylic acids is 1. The Bertz CT molecular complexity index is 1820. The minimum atomic E-state index is -4.68. The molecule has 1 heterocycles. The van der Waals surface area contributed by atoms with E-state index in [0.29, 0.717) is 23.7 Å². The maximum absolute atomic E-state index is 13.5. The van der Waals surface area contributed by atoms with Gasteiger partial charge in [-0.15, -0.1) is 0 Å². The molecule has 1 atom stereocenters. The zero-order valence-electron chi connectivity index (χ0n) is 25.0. The van der Waals surface area contributed by atoms with E-state index in [2.05, 4.69) is 15.5 Å². The number of alkyl halides is 3. The van der Waals surface area contributed by atoms with Gasteiger partial charge in [-0.2, -0.15) is 18.2 Å². The Morgan fingerprint density at radius 3 is 2.45 bits per heavy atom. The van der Waals surface area contributed by atoms with Gasteiger partial charge in [0.05, 0.1) is 19.1 Å². The standard InChI is InChI=1S/C34H29F3N4O6/c1-46-27-16-13-25(28(18-27)34(35,36)37)17-29(42)38-26-14-11-24(12-15-26)33(45)41(20-30(43)44)19-21-7-9-23(10-8-21)32-39-31(40-47-32)22-5-3-2-4-6-22/h2-7,9-16,18,21H,8,17,19-20H2,1H3,(H,38,42)(H,43,44). The third-order valence-corrected chi connectivity index (χ3v) is 7.35. The van der Waals surface area contributed by atoms with Gasteiger partial charge in [0.25, 0.3) is 11.8 Å². The molecule has 1 aliphatic carbocycles. The number of amides is 2. The van der Waals surface area contributed by atoms with Gasteiger partial charge in [0.2, 0.25) is 11.7 Å². The molecule has 13 heteroatoms. The number of rotatable bonds is 11. The Morgan fingerprint density at radius 2 is 1.81 bits per heavy atom. The first-order chi connectivity index (χ1) is 22.5. The van der Waals surface area contributed by atoms with E-state index in [9.17, 15) is 32.7 Å². The quantitative estimate of drug-likeness (QED) is 0.199. The van der Waals surface area contributed by atoms with Crippen molar-refractivity contribution in [2.75, 3.05) is 25.5 Å². The van der Waals surface area contributed by atoms with Crippen molar-refractivity contribution in [3.05, 3.63) is 114 Å². The summed E-state index contributed by atoms with van der Waals surface area (Å²) in [6.45, 7) is -0.419. The fraction of sp³-hybridized carbons (Fsp3) is 0.206. The molecule has 47 heavy (non-hydrogen) atoms. The molecule has 2 amide bonds. The molecule has 0 saturated heterocycles. The van der Waals surface area contributed by atoms with Gasteiger partial charge in [0, 0.05) is 28.9 Å². The highest BCUT2D eigenvalue weighted by atomic mass is 19.4. The molecule has 242 valence electrons. The zero-order chi connectivity index (χ0) is 33.6. The number of nitrogens with one attached hydrogen (secondary N) is 1. The molecule has 2 N–H and O–H groups in total. The van der Waals surface area contributed by atoms with E-state index >= 15 is 0 Å². The van der Waals surface area contributed by atoms with Crippen LogP contribution in [0.1, 0.15) is 33.8 Å². The average molecular weight is 647 g/mol. The first kappa shape index (κ1) is 32.7. The van der Waals surface area contributed by atoms with Crippen molar-refractivity contribution in [3.8, 4) is 17.1 Å². The summed E-state index contributed by atoms with van der Waals surface area (Å²) in [4.78, 5) is 43.2. The number of carbonyl (C=O) groups excluding carboxylic acids is 2. The lowest BCUT2D eigenvalue weighted by atomic mass is 9.95. The second-order valence-electron chi connectivity index (χ2n) is 10.7. The number of hydrogen-bond donors (Lipinski definition) is 2. The number of ether oxygens (including phenoxy) is 1. The molecule has 0 fully saturated rings. The summed E-state index contributed by atoms with van der Waals surface area (Å²) in [5.41, 5.74) is 0.757. The van der Waals surface area contributed by atoms with Crippen molar-refractivity contribution < 1.29 is 41.9 Å². The molecule has 0 aliphatic heterocycles. The molecule has 0 saturated carbocycles. The van der Waals surface area contributed by atoms with E-state index in [1.807, 2.05) is 42.5 Å². The van der Waals surface area contributed by atoms with Crippen molar-refractivity contribution in [1.82, 2.24) is 15.0 Å². The Balaban J connectivity index is 1.20. The number of methoxy groups -OCH3 is 1. The van der Waals surface area contributed by atoms with Crippen LogP contribution in [0.25, 0.3) is 17.0 Å². The zero-order valence-corrected chi connectivity index (χ0v) is 25.0. The average Bonchev–Trinajstić information content (AvgIpc) is 3.55. The summed E-state index contributed by atoms with van der Waals surface area (Å²) in [6.07, 6.45) is 0.805. The number of nitrogens with zero attached hydrogens (tertiary/aromatic N) is 3. The highest BCUT2D eigenvalue weighted by Gasteiger charge is 2.34. The van der Waals surface area contributed by atoms with Crippen LogP contribution in [0.3, 0.4) is 0 Å². The van der Waals surface area contributed by atoms with E-state index in [0.717, 1.165) is 11.6 Å². The molecule has 1 aliphatic rings. The Hall–Kier alpha value is -5.72. The van der Waals surface area contributed by atoms with Gasteiger partial charge in [0.1, 0.15) is 12.3 Å². The van der Waals surface area contributed by atoms with Crippen LogP contribution in [0.2, 0.25) is 0 Å². The van der Waals surface area contributed by atoms with E-state index in [-0.39, 0.29) is 35.0 Å². The number of allylic oxidation sites excluding steroid dienone is 3. The number of carboxylic acids is 1. The van der Waals surface area contributed by atoms with E-state index in [1.54, 1.807) is 6.08 Å². The number of anilines is 1. The molecule has 0 radical (unpaired) electrons. The number of aromatic nitrogens is 2. The summed E-state index contributed by atoms with van der Waals surface area (Å²) in [5, 5.41) is 16.0. The maximum atomic E-state index is 13.5. The largest absolute Gasteiger partial charge is 0.497 e. The topological polar surface area (TPSA) is 135 Å². The highest BCUT2D eigenvalue weighted by Crippen LogP contribution is 2.35. The van der Waals surface area contributed by atoms with E-state index < -0.39 is 42.5 Å². The smallest absolute Gasteiger partial charge is 0.416 e. The Morgan fingerprint density at radius 1 is 1.06 bits per heavy atom. The Kier molecular flexibility index (Phi) is 9.83. The van der Waals surface area contributed by atoms with Crippen molar-refractivity contribution in [2.45, 2.75) is 19.0 Å². The number of halogens is 3. The van der Waals surface area contributed by atoms with E-state index in [4.69, 9.17) is 9.26 Å². The summed E-state index contributed by atoms with van der Waals surface area (Å²) in [7, 11) is 1.25. The predicted octanol–water partition coefficient (Wildman–Crippen LogP) is 6.13. The predicted molar refractivity (Wildman–Crippen MR) is 165 cm³/mol. The minimum Gasteiger partial charge on any atom is -0.497 e. The lowest BCUT2D eigenvalue weighted by molar-refractivity contribution is -0.139. The van der Waals surface area contributed by atoms with Crippen LogP contribution in [-0.2, 0) is 22.2 Å². The molecule has 5 rings (SSSR count). The summed E-state index contributed by atoms with van der Waals surface area (Å²) in [5.74, 6) is -1.79. The summed E-state index contributed by atoms with van der Waals surface area (Å²) < 4.78 is 50.9.